The van der Waals surface area contributed by atoms with Gasteiger partial charge in [-0.2, -0.15) is 13.2 Å². The van der Waals surface area contributed by atoms with E-state index < -0.39 is 11.7 Å². The molecule has 0 atom stereocenters. The summed E-state index contributed by atoms with van der Waals surface area (Å²) in [6.07, 6.45) is -0.765. The molecule has 1 aromatic carbocycles. The molecule has 0 aliphatic carbocycles. The Morgan fingerprint density at radius 1 is 1.09 bits per heavy atom. The molecular formula is C16H20F3N3. The summed E-state index contributed by atoms with van der Waals surface area (Å²) in [4.78, 5) is 4.03. The van der Waals surface area contributed by atoms with Gasteiger partial charge in [0.1, 0.15) is 0 Å². The molecule has 6 heteroatoms. The lowest BCUT2D eigenvalue weighted by Crippen LogP contribution is -2.18. The van der Waals surface area contributed by atoms with E-state index in [1.54, 1.807) is 6.07 Å². The van der Waals surface area contributed by atoms with Gasteiger partial charge < -0.3 is 10.6 Å². The van der Waals surface area contributed by atoms with Crippen molar-refractivity contribution in [3.05, 3.63) is 36.0 Å². The van der Waals surface area contributed by atoms with Crippen LogP contribution >= 0.6 is 0 Å². The smallest absolute Gasteiger partial charge is 0.384 e. The van der Waals surface area contributed by atoms with Crippen LogP contribution in [-0.2, 0) is 6.18 Å². The normalized spacial score (nSPS) is 11.8. The predicted molar refractivity (Wildman–Crippen MR) is 83.0 cm³/mol. The molecule has 3 nitrogen and oxygen atoms in total. The second-order valence-corrected chi connectivity index (χ2v) is 5.12. The monoisotopic (exact) mass is 311 g/mol. The molecule has 0 radical (unpaired) electrons. The fraction of sp³-hybridized carbons (Fsp3) is 0.438. The molecule has 0 aliphatic rings. The van der Waals surface area contributed by atoms with E-state index in [2.05, 4.69) is 22.5 Å². The first kappa shape index (κ1) is 16.5. The van der Waals surface area contributed by atoms with Gasteiger partial charge in [0.25, 0.3) is 0 Å². The summed E-state index contributed by atoms with van der Waals surface area (Å²) >= 11 is 0. The van der Waals surface area contributed by atoms with E-state index in [1.165, 1.54) is 12.3 Å². The van der Waals surface area contributed by atoms with Crippen LogP contribution in [0.4, 0.5) is 18.9 Å². The summed E-state index contributed by atoms with van der Waals surface area (Å²) < 4.78 is 38.1. The third-order valence-electron chi connectivity index (χ3n) is 3.34. The van der Waals surface area contributed by atoms with E-state index in [0.717, 1.165) is 50.3 Å². The van der Waals surface area contributed by atoms with Crippen LogP contribution in [0.15, 0.2) is 30.5 Å². The minimum atomic E-state index is -4.34. The highest BCUT2D eigenvalue weighted by atomic mass is 19.4. The van der Waals surface area contributed by atoms with Crippen LogP contribution in [0.5, 0.6) is 0 Å². The Morgan fingerprint density at radius 2 is 1.91 bits per heavy atom. The molecule has 0 saturated heterocycles. The third kappa shape index (κ3) is 4.34. The molecule has 0 unspecified atom stereocenters. The Labute approximate surface area is 127 Å². The minimum absolute atomic E-state index is 0.351. The molecule has 1 heterocycles. The van der Waals surface area contributed by atoms with E-state index in [0.29, 0.717) is 10.9 Å². The summed E-state index contributed by atoms with van der Waals surface area (Å²) in [6, 6.07) is 5.44. The Kier molecular flexibility index (Phi) is 5.60. The van der Waals surface area contributed by atoms with Gasteiger partial charge in [0, 0.05) is 23.8 Å². The van der Waals surface area contributed by atoms with Crippen molar-refractivity contribution in [1.29, 1.82) is 0 Å². The van der Waals surface area contributed by atoms with E-state index in [4.69, 9.17) is 0 Å². The van der Waals surface area contributed by atoms with Crippen LogP contribution in [0.1, 0.15) is 25.3 Å². The summed E-state index contributed by atoms with van der Waals surface area (Å²) in [7, 11) is 0. The SMILES string of the molecule is CCCNCCCNc1ccnc2cc(C(F)(F)F)ccc12. The second kappa shape index (κ2) is 7.45. The molecule has 120 valence electrons. The lowest BCUT2D eigenvalue weighted by molar-refractivity contribution is -0.137. The lowest BCUT2D eigenvalue weighted by atomic mass is 10.1. The summed E-state index contributed by atoms with van der Waals surface area (Å²) in [6.45, 7) is 4.79. The number of fused-ring (bicyclic) bond motifs is 1. The number of anilines is 1. The molecular weight excluding hydrogens is 291 g/mol. The van der Waals surface area contributed by atoms with Gasteiger partial charge in [-0.1, -0.05) is 13.0 Å². The van der Waals surface area contributed by atoms with Crippen molar-refractivity contribution >= 4 is 16.6 Å². The van der Waals surface area contributed by atoms with Gasteiger partial charge in [-0.05, 0) is 44.1 Å². The number of benzene rings is 1. The van der Waals surface area contributed by atoms with E-state index in [9.17, 15) is 13.2 Å². The topological polar surface area (TPSA) is 37.0 Å². The number of halogens is 3. The van der Waals surface area contributed by atoms with Crippen LogP contribution in [0, 0.1) is 0 Å². The third-order valence-corrected chi connectivity index (χ3v) is 3.34. The van der Waals surface area contributed by atoms with Gasteiger partial charge >= 0.3 is 6.18 Å². The van der Waals surface area contributed by atoms with Gasteiger partial charge in [-0.15, -0.1) is 0 Å². The van der Waals surface area contributed by atoms with Crippen LogP contribution < -0.4 is 10.6 Å². The molecule has 2 aromatic rings. The van der Waals surface area contributed by atoms with Crippen molar-refractivity contribution in [2.24, 2.45) is 0 Å². The Morgan fingerprint density at radius 3 is 2.64 bits per heavy atom. The number of rotatable bonds is 7. The van der Waals surface area contributed by atoms with Crippen molar-refractivity contribution in [3.8, 4) is 0 Å². The summed E-state index contributed by atoms with van der Waals surface area (Å²) in [5, 5.41) is 7.27. The molecule has 22 heavy (non-hydrogen) atoms. The molecule has 0 aliphatic heterocycles. The van der Waals surface area contributed by atoms with Crippen LogP contribution in [0.25, 0.3) is 10.9 Å². The highest BCUT2D eigenvalue weighted by Crippen LogP contribution is 2.32. The zero-order valence-electron chi connectivity index (χ0n) is 12.5. The number of pyridine rings is 1. The van der Waals surface area contributed by atoms with Crippen LogP contribution in [0.3, 0.4) is 0 Å². The maximum absolute atomic E-state index is 12.7. The molecule has 2 N–H and O–H groups in total. The quantitative estimate of drug-likeness (QED) is 0.757. The average molecular weight is 311 g/mol. The van der Waals surface area contributed by atoms with Crippen molar-refractivity contribution < 1.29 is 13.2 Å². The zero-order chi connectivity index (χ0) is 16.0. The van der Waals surface area contributed by atoms with Gasteiger partial charge in [0.2, 0.25) is 0 Å². The van der Waals surface area contributed by atoms with Crippen LogP contribution in [-0.4, -0.2) is 24.6 Å². The van der Waals surface area contributed by atoms with Gasteiger partial charge in [0.15, 0.2) is 0 Å². The van der Waals surface area contributed by atoms with Gasteiger partial charge in [-0.3, -0.25) is 4.98 Å². The first-order valence-electron chi connectivity index (χ1n) is 7.43. The number of alkyl halides is 3. The fourth-order valence-electron chi connectivity index (χ4n) is 2.22. The Balaban J connectivity index is 2.05. The van der Waals surface area contributed by atoms with Crippen LogP contribution in [0.2, 0.25) is 0 Å². The number of nitrogens with zero attached hydrogens (tertiary/aromatic N) is 1. The number of nitrogens with one attached hydrogen (secondary N) is 2. The summed E-state index contributed by atoms with van der Waals surface area (Å²) in [5.74, 6) is 0. The highest BCUT2D eigenvalue weighted by Gasteiger charge is 2.30. The predicted octanol–water partition coefficient (Wildman–Crippen LogP) is 4.06. The fourth-order valence-corrected chi connectivity index (χ4v) is 2.22. The first-order chi connectivity index (χ1) is 10.5. The Hall–Kier alpha value is -1.82. The largest absolute Gasteiger partial charge is 0.416 e. The zero-order valence-corrected chi connectivity index (χ0v) is 12.5. The second-order valence-electron chi connectivity index (χ2n) is 5.12. The van der Waals surface area contributed by atoms with E-state index in [1.807, 2.05) is 0 Å². The summed E-state index contributed by atoms with van der Waals surface area (Å²) in [5.41, 5.74) is 0.492. The van der Waals surface area contributed by atoms with E-state index >= 15 is 0 Å². The van der Waals surface area contributed by atoms with E-state index in [-0.39, 0.29) is 0 Å². The first-order valence-corrected chi connectivity index (χ1v) is 7.43. The molecule has 0 amide bonds. The molecule has 0 fully saturated rings. The lowest BCUT2D eigenvalue weighted by Gasteiger charge is -2.12. The maximum atomic E-state index is 12.7. The Bertz CT molecular complexity index is 611. The number of aromatic nitrogens is 1. The molecule has 1 aromatic heterocycles. The minimum Gasteiger partial charge on any atom is -0.384 e. The van der Waals surface area contributed by atoms with Crippen molar-refractivity contribution in [2.45, 2.75) is 25.9 Å². The molecule has 0 saturated carbocycles. The highest BCUT2D eigenvalue weighted by molar-refractivity contribution is 5.91. The standard InChI is InChI=1S/C16H20F3N3/c1-2-7-20-8-3-9-21-14-6-10-22-15-11-12(16(17,18)19)4-5-13(14)15/h4-6,10-11,20H,2-3,7-9H2,1H3,(H,21,22). The van der Waals surface area contributed by atoms with Crippen molar-refractivity contribution in [1.82, 2.24) is 10.3 Å². The number of hydrogen-bond donors (Lipinski definition) is 2. The van der Waals surface area contributed by atoms with Gasteiger partial charge in [-0.25, -0.2) is 0 Å². The maximum Gasteiger partial charge on any atom is 0.416 e. The van der Waals surface area contributed by atoms with Crippen molar-refractivity contribution in [3.63, 3.8) is 0 Å². The average Bonchev–Trinajstić information content (AvgIpc) is 2.49. The molecule has 0 bridgehead atoms. The number of hydrogen-bond acceptors (Lipinski definition) is 3. The molecule has 0 spiro atoms. The van der Waals surface area contributed by atoms with Crippen molar-refractivity contribution in [2.75, 3.05) is 25.0 Å². The molecule has 2 rings (SSSR count). The van der Waals surface area contributed by atoms with Gasteiger partial charge in [0.05, 0.1) is 11.1 Å².